The highest BCUT2D eigenvalue weighted by molar-refractivity contribution is 5.52. The Kier molecular flexibility index (Phi) is 3.93. The van der Waals surface area contributed by atoms with Crippen molar-refractivity contribution in [2.45, 2.75) is 19.3 Å². The minimum atomic E-state index is 0.201. The predicted octanol–water partition coefficient (Wildman–Crippen LogP) is 0.871. The van der Waals surface area contributed by atoms with E-state index in [1.54, 1.807) is 0 Å². The minimum Gasteiger partial charge on any atom is -0.396 e. The third-order valence-corrected chi connectivity index (χ3v) is 2.75. The maximum absolute atomic E-state index is 8.69. The summed E-state index contributed by atoms with van der Waals surface area (Å²) in [6, 6.07) is 2.02. The second-order valence-electron chi connectivity index (χ2n) is 4.00. The van der Waals surface area contributed by atoms with Crippen molar-refractivity contribution >= 4 is 11.5 Å². The van der Waals surface area contributed by atoms with Crippen molar-refractivity contribution in [3.8, 4) is 0 Å². The quantitative estimate of drug-likeness (QED) is 0.724. The fraction of sp³-hybridized carbons (Fsp3) is 0.636. The third kappa shape index (κ3) is 2.82. The first kappa shape index (κ1) is 11.1. The van der Waals surface area contributed by atoms with E-state index in [4.69, 9.17) is 5.11 Å². The van der Waals surface area contributed by atoms with Crippen LogP contribution in [0.3, 0.4) is 0 Å². The highest BCUT2D eigenvalue weighted by atomic mass is 16.3. The number of aromatic nitrogens is 2. The van der Waals surface area contributed by atoms with Gasteiger partial charge in [-0.1, -0.05) is 0 Å². The fourth-order valence-corrected chi connectivity index (χ4v) is 1.89. The van der Waals surface area contributed by atoms with Crippen LogP contribution in [0.5, 0.6) is 0 Å². The van der Waals surface area contributed by atoms with Crippen molar-refractivity contribution in [1.82, 2.24) is 10.2 Å². The Bertz CT molecular complexity index is 326. The zero-order valence-corrected chi connectivity index (χ0v) is 9.39. The van der Waals surface area contributed by atoms with Crippen molar-refractivity contribution in [3.05, 3.63) is 12.3 Å². The van der Waals surface area contributed by atoms with Crippen LogP contribution in [0.25, 0.3) is 0 Å². The first-order valence-electron chi connectivity index (χ1n) is 5.82. The molecule has 0 radical (unpaired) electrons. The molecule has 5 heteroatoms. The summed E-state index contributed by atoms with van der Waals surface area (Å²) in [5.74, 6) is 0.790. The monoisotopic (exact) mass is 222 g/mol. The molecule has 0 saturated carbocycles. The molecule has 1 aliphatic rings. The van der Waals surface area contributed by atoms with E-state index >= 15 is 0 Å². The number of hydrogen-bond donors (Lipinski definition) is 2. The maximum Gasteiger partial charge on any atom is 0.150 e. The van der Waals surface area contributed by atoms with Gasteiger partial charge in [0, 0.05) is 32.3 Å². The Morgan fingerprint density at radius 3 is 2.94 bits per heavy atom. The Morgan fingerprint density at radius 2 is 2.19 bits per heavy atom. The average Bonchev–Trinajstić information content (AvgIpc) is 2.83. The predicted molar refractivity (Wildman–Crippen MR) is 63.7 cm³/mol. The molecule has 0 unspecified atom stereocenters. The van der Waals surface area contributed by atoms with Gasteiger partial charge in [-0.05, 0) is 19.3 Å². The molecule has 1 fully saturated rings. The van der Waals surface area contributed by atoms with Crippen LogP contribution in [0.2, 0.25) is 0 Å². The number of hydrogen-bond acceptors (Lipinski definition) is 5. The summed E-state index contributed by atoms with van der Waals surface area (Å²) < 4.78 is 0. The Balaban J connectivity index is 1.95. The van der Waals surface area contributed by atoms with Crippen molar-refractivity contribution in [1.29, 1.82) is 0 Å². The molecule has 0 atom stereocenters. The van der Waals surface area contributed by atoms with E-state index in [0.29, 0.717) is 0 Å². The van der Waals surface area contributed by atoms with Gasteiger partial charge in [-0.3, -0.25) is 0 Å². The highest BCUT2D eigenvalue weighted by Gasteiger charge is 2.12. The molecule has 16 heavy (non-hydrogen) atoms. The van der Waals surface area contributed by atoms with E-state index in [-0.39, 0.29) is 6.61 Å². The lowest BCUT2D eigenvalue weighted by atomic mass is 10.4. The fourth-order valence-electron chi connectivity index (χ4n) is 1.89. The molecule has 1 saturated heterocycles. The van der Waals surface area contributed by atoms with Crippen LogP contribution in [-0.4, -0.2) is 41.5 Å². The highest BCUT2D eigenvalue weighted by Crippen LogP contribution is 2.20. The summed E-state index contributed by atoms with van der Waals surface area (Å²) in [4.78, 5) is 2.33. The summed E-state index contributed by atoms with van der Waals surface area (Å²) in [7, 11) is 0. The molecular weight excluding hydrogens is 204 g/mol. The van der Waals surface area contributed by atoms with Gasteiger partial charge in [-0.25, -0.2) is 0 Å². The summed E-state index contributed by atoms with van der Waals surface area (Å²) in [6.07, 6.45) is 5.06. The normalized spacial score (nSPS) is 15.4. The van der Waals surface area contributed by atoms with Gasteiger partial charge < -0.3 is 15.3 Å². The molecule has 5 nitrogen and oxygen atoms in total. The molecule has 0 aliphatic carbocycles. The molecule has 1 aliphatic heterocycles. The van der Waals surface area contributed by atoms with Gasteiger partial charge in [0.15, 0.2) is 5.82 Å². The molecule has 88 valence electrons. The first-order chi connectivity index (χ1) is 7.90. The second kappa shape index (κ2) is 5.65. The molecule has 2 N–H and O–H groups in total. The number of anilines is 2. The van der Waals surface area contributed by atoms with Crippen LogP contribution >= 0.6 is 0 Å². The zero-order chi connectivity index (χ0) is 11.2. The Hall–Kier alpha value is -1.36. The van der Waals surface area contributed by atoms with Gasteiger partial charge in [0.2, 0.25) is 0 Å². The van der Waals surface area contributed by atoms with Crippen molar-refractivity contribution in [2.75, 3.05) is 36.5 Å². The number of nitrogens with one attached hydrogen (secondary N) is 1. The Morgan fingerprint density at radius 1 is 1.38 bits per heavy atom. The second-order valence-corrected chi connectivity index (χ2v) is 4.00. The lowest BCUT2D eigenvalue weighted by Gasteiger charge is -2.17. The number of rotatable bonds is 5. The molecule has 1 aromatic heterocycles. The van der Waals surface area contributed by atoms with Crippen LogP contribution in [0, 0.1) is 0 Å². The summed E-state index contributed by atoms with van der Waals surface area (Å²) in [5.41, 5.74) is 1.14. The molecule has 0 spiro atoms. The number of aliphatic hydroxyl groups excluding tert-OH is 1. The molecule has 0 aromatic carbocycles. The molecule has 2 heterocycles. The third-order valence-electron chi connectivity index (χ3n) is 2.75. The lowest BCUT2D eigenvalue weighted by molar-refractivity contribution is 0.292. The van der Waals surface area contributed by atoms with E-state index in [2.05, 4.69) is 20.4 Å². The molecule has 2 rings (SSSR count). The van der Waals surface area contributed by atoms with Crippen LogP contribution in [0.1, 0.15) is 19.3 Å². The van der Waals surface area contributed by atoms with Gasteiger partial charge in [-0.2, -0.15) is 5.10 Å². The maximum atomic E-state index is 8.69. The molecular formula is C11H18N4O. The summed E-state index contributed by atoms with van der Waals surface area (Å²) in [6.45, 7) is 3.16. The van der Waals surface area contributed by atoms with Gasteiger partial charge >= 0.3 is 0 Å². The van der Waals surface area contributed by atoms with Crippen LogP contribution in [0.15, 0.2) is 12.3 Å². The smallest absolute Gasteiger partial charge is 0.150 e. The van der Waals surface area contributed by atoms with E-state index in [0.717, 1.165) is 37.6 Å². The van der Waals surface area contributed by atoms with Crippen LogP contribution < -0.4 is 10.2 Å². The van der Waals surface area contributed by atoms with Crippen molar-refractivity contribution in [2.24, 2.45) is 0 Å². The zero-order valence-electron chi connectivity index (χ0n) is 9.39. The molecule has 0 amide bonds. The average molecular weight is 222 g/mol. The minimum absolute atomic E-state index is 0.201. The van der Waals surface area contributed by atoms with Crippen LogP contribution in [-0.2, 0) is 0 Å². The van der Waals surface area contributed by atoms with Crippen LogP contribution in [0.4, 0.5) is 11.5 Å². The van der Waals surface area contributed by atoms with E-state index in [1.165, 1.54) is 12.8 Å². The van der Waals surface area contributed by atoms with Gasteiger partial charge in [-0.15, -0.1) is 5.10 Å². The number of nitrogens with zero attached hydrogens (tertiary/aromatic N) is 3. The van der Waals surface area contributed by atoms with E-state index < -0.39 is 0 Å². The van der Waals surface area contributed by atoms with E-state index in [9.17, 15) is 0 Å². The summed E-state index contributed by atoms with van der Waals surface area (Å²) >= 11 is 0. The van der Waals surface area contributed by atoms with E-state index in [1.807, 2.05) is 12.3 Å². The first-order valence-corrected chi connectivity index (χ1v) is 5.82. The van der Waals surface area contributed by atoms with Gasteiger partial charge in [0.05, 0.1) is 11.9 Å². The lowest BCUT2D eigenvalue weighted by Crippen LogP contribution is -2.18. The SMILES string of the molecule is OCCCNc1cc(N2CCCC2)cnn1. The largest absolute Gasteiger partial charge is 0.396 e. The van der Waals surface area contributed by atoms with Crippen molar-refractivity contribution < 1.29 is 5.11 Å². The van der Waals surface area contributed by atoms with Gasteiger partial charge in [0.1, 0.15) is 0 Å². The standard InChI is InChI=1S/C11H18N4O/c16-7-3-4-12-11-8-10(9-13-14-11)15-5-1-2-6-15/h8-9,16H,1-7H2,(H,12,14). The molecule has 0 bridgehead atoms. The molecule has 1 aromatic rings. The van der Waals surface area contributed by atoms with Crippen molar-refractivity contribution in [3.63, 3.8) is 0 Å². The number of aliphatic hydroxyl groups is 1. The van der Waals surface area contributed by atoms with Gasteiger partial charge in [0.25, 0.3) is 0 Å². The Labute approximate surface area is 95.5 Å². The summed E-state index contributed by atoms with van der Waals surface area (Å²) in [5, 5.41) is 19.8. The topological polar surface area (TPSA) is 61.3 Å².